The normalized spacial score (nSPS) is 31.8. The molecule has 2 saturated heterocycles. The average molecular weight is 344 g/mol. The lowest BCUT2D eigenvalue weighted by Crippen LogP contribution is -2.49. The number of hydrogen-bond acceptors (Lipinski definition) is 5. The number of ether oxygens (including phenoxy) is 1. The van der Waals surface area contributed by atoms with Gasteiger partial charge in [-0.3, -0.25) is 4.79 Å². The number of amides is 1. The molecular weight excluding hydrogens is 316 g/mol. The maximum atomic E-state index is 13.2. The van der Waals surface area contributed by atoms with Crippen molar-refractivity contribution in [2.24, 2.45) is 11.8 Å². The van der Waals surface area contributed by atoms with E-state index in [9.17, 15) is 4.79 Å². The first-order valence-corrected chi connectivity index (χ1v) is 9.62. The van der Waals surface area contributed by atoms with E-state index in [0.29, 0.717) is 23.8 Å². The van der Waals surface area contributed by atoms with Crippen molar-refractivity contribution in [1.82, 2.24) is 14.9 Å². The second-order valence-electron chi connectivity index (χ2n) is 7.77. The zero-order valence-electron chi connectivity index (χ0n) is 15.0. The Kier molecular flexibility index (Phi) is 4.88. The molecule has 0 radical (unpaired) electrons. The van der Waals surface area contributed by atoms with Gasteiger partial charge in [-0.25, -0.2) is 9.97 Å². The fourth-order valence-electron chi connectivity index (χ4n) is 4.85. The Morgan fingerprint density at radius 1 is 1.28 bits per heavy atom. The van der Waals surface area contributed by atoms with Gasteiger partial charge in [0.1, 0.15) is 6.04 Å². The molecule has 3 heterocycles. The highest BCUT2D eigenvalue weighted by Gasteiger charge is 2.47. The third-order valence-corrected chi connectivity index (χ3v) is 6.09. The second-order valence-corrected chi connectivity index (χ2v) is 7.77. The Labute approximate surface area is 149 Å². The molecule has 136 valence electrons. The van der Waals surface area contributed by atoms with Crippen LogP contribution in [0.1, 0.15) is 38.5 Å². The zero-order chi connectivity index (χ0) is 17.2. The van der Waals surface area contributed by atoms with E-state index in [1.165, 1.54) is 19.3 Å². The number of hydrogen-bond donors (Lipinski definition) is 0. The Balaban J connectivity index is 1.54. The Morgan fingerprint density at radius 2 is 2.08 bits per heavy atom. The summed E-state index contributed by atoms with van der Waals surface area (Å²) in [6.45, 7) is 2.39. The van der Waals surface area contributed by atoms with E-state index in [1.807, 2.05) is 18.0 Å². The monoisotopic (exact) mass is 344 g/mol. The molecule has 6 nitrogen and oxygen atoms in total. The van der Waals surface area contributed by atoms with E-state index >= 15 is 0 Å². The standard InChI is InChI=1S/C19H28N4O2/c1-22(12-14-7-10-25-13-14)18(24)17-11-15-5-2-3-6-16(15)23(17)19-20-8-4-9-21-19/h4,8-9,14-17H,2-3,5-7,10-13H2,1H3/t14-,15+,16+,17-/m0/s1. The predicted molar refractivity (Wildman–Crippen MR) is 95.2 cm³/mol. The molecule has 4 rings (SSSR count). The number of carbonyl (C=O) groups excluding carboxylic acids is 1. The Bertz CT molecular complexity index is 590. The molecule has 1 amide bonds. The van der Waals surface area contributed by atoms with Crippen molar-refractivity contribution in [3.05, 3.63) is 18.5 Å². The fraction of sp³-hybridized carbons (Fsp3) is 0.737. The number of aromatic nitrogens is 2. The Hall–Kier alpha value is -1.69. The number of anilines is 1. The first-order valence-electron chi connectivity index (χ1n) is 9.62. The molecule has 6 heteroatoms. The van der Waals surface area contributed by atoms with Gasteiger partial charge in [-0.05, 0) is 37.7 Å². The summed E-state index contributed by atoms with van der Waals surface area (Å²) in [4.78, 5) is 26.3. The molecule has 3 aliphatic rings. The van der Waals surface area contributed by atoms with Crippen LogP contribution < -0.4 is 4.90 Å². The predicted octanol–water partition coefficient (Wildman–Crippen LogP) is 2.11. The van der Waals surface area contributed by atoms with Gasteiger partial charge in [0, 0.05) is 44.6 Å². The van der Waals surface area contributed by atoms with Gasteiger partial charge in [-0.2, -0.15) is 0 Å². The molecule has 1 saturated carbocycles. The molecule has 0 spiro atoms. The first-order chi connectivity index (χ1) is 12.2. The summed E-state index contributed by atoms with van der Waals surface area (Å²) in [6.07, 6.45) is 10.4. The SMILES string of the molecule is CN(C[C@@H]1CCOC1)C(=O)[C@@H]1C[C@H]2CCCC[C@H]2N1c1ncccn1. The number of rotatable bonds is 4. The van der Waals surface area contributed by atoms with Crippen molar-refractivity contribution in [1.29, 1.82) is 0 Å². The number of carbonyl (C=O) groups is 1. The number of nitrogens with zero attached hydrogens (tertiary/aromatic N) is 4. The zero-order valence-corrected chi connectivity index (χ0v) is 15.0. The van der Waals surface area contributed by atoms with Crippen LogP contribution in [-0.2, 0) is 9.53 Å². The summed E-state index contributed by atoms with van der Waals surface area (Å²) in [7, 11) is 1.94. The van der Waals surface area contributed by atoms with Gasteiger partial charge in [-0.1, -0.05) is 12.8 Å². The third kappa shape index (κ3) is 3.36. The summed E-state index contributed by atoms with van der Waals surface area (Å²) >= 11 is 0. The van der Waals surface area contributed by atoms with Gasteiger partial charge in [0.05, 0.1) is 6.61 Å². The second kappa shape index (κ2) is 7.28. The molecule has 4 atom stereocenters. The summed E-state index contributed by atoms with van der Waals surface area (Å²) < 4.78 is 5.46. The summed E-state index contributed by atoms with van der Waals surface area (Å²) in [5.41, 5.74) is 0. The smallest absolute Gasteiger partial charge is 0.245 e. The summed E-state index contributed by atoms with van der Waals surface area (Å²) in [5, 5.41) is 0. The Morgan fingerprint density at radius 3 is 2.84 bits per heavy atom. The van der Waals surface area contributed by atoms with E-state index in [-0.39, 0.29) is 11.9 Å². The van der Waals surface area contributed by atoms with Gasteiger partial charge < -0.3 is 14.5 Å². The van der Waals surface area contributed by atoms with Crippen molar-refractivity contribution in [3.63, 3.8) is 0 Å². The third-order valence-electron chi connectivity index (χ3n) is 6.09. The highest BCUT2D eigenvalue weighted by atomic mass is 16.5. The molecule has 0 N–H and O–H groups in total. The minimum atomic E-state index is -0.122. The highest BCUT2D eigenvalue weighted by molar-refractivity contribution is 5.85. The van der Waals surface area contributed by atoms with Crippen LogP contribution in [-0.4, -0.2) is 59.7 Å². The summed E-state index contributed by atoms with van der Waals surface area (Å²) in [5.74, 6) is 2.00. The fourth-order valence-corrected chi connectivity index (χ4v) is 4.85. The van der Waals surface area contributed by atoms with Crippen molar-refractivity contribution >= 4 is 11.9 Å². The molecule has 3 fully saturated rings. The van der Waals surface area contributed by atoms with E-state index in [0.717, 1.165) is 39.0 Å². The highest BCUT2D eigenvalue weighted by Crippen LogP contribution is 2.41. The van der Waals surface area contributed by atoms with Crippen LogP contribution in [0.2, 0.25) is 0 Å². The lowest BCUT2D eigenvalue weighted by molar-refractivity contribution is -0.131. The number of fused-ring (bicyclic) bond motifs is 1. The van der Waals surface area contributed by atoms with E-state index in [4.69, 9.17) is 4.74 Å². The molecular formula is C19H28N4O2. The molecule has 1 aliphatic carbocycles. The van der Waals surface area contributed by atoms with Gasteiger partial charge in [0.25, 0.3) is 0 Å². The lowest BCUT2D eigenvalue weighted by atomic mass is 9.84. The molecule has 25 heavy (non-hydrogen) atoms. The molecule has 0 aromatic carbocycles. The molecule has 0 bridgehead atoms. The van der Waals surface area contributed by atoms with Crippen LogP contribution in [0, 0.1) is 11.8 Å². The largest absolute Gasteiger partial charge is 0.381 e. The maximum Gasteiger partial charge on any atom is 0.245 e. The average Bonchev–Trinajstić information content (AvgIpc) is 3.29. The molecule has 1 aromatic heterocycles. The minimum Gasteiger partial charge on any atom is -0.381 e. The van der Waals surface area contributed by atoms with E-state index in [2.05, 4.69) is 14.9 Å². The molecule has 1 aromatic rings. The van der Waals surface area contributed by atoms with Crippen LogP contribution in [0.3, 0.4) is 0 Å². The maximum absolute atomic E-state index is 13.2. The topological polar surface area (TPSA) is 58.6 Å². The van der Waals surface area contributed by atoms with Crippen molar-refractivity contribution in [2.45, 2.75) is 50.6 Å². The van der Waals surface area contributed by atoms with Gasteiger partial charge in [-0.15, -0.1) is 0 Å². The lowest BCUT2D eigenvalue weighted by Gasteiger charge is -2.34. The van der Waals surface area contributed by atoms with E-state index < -0.39 is 0 Å². The summed E-state index contributed by atoms with van der Waals surface area (Å²) in [6, 6.07) is 2.12. The van der Waals surface area contributed by atoms with Gasteiger partial charge >= 0.3 is 0 Å². The quantitative estimate of drug-likeness (QED) is 0.837. The van der Waals surface area contributed by atoms with Crippen molar-refractivity contribution in [3.8, 4) is 0 Å². The molecule has 0 unspecified atom stereocenters. The van der Waals surface area contributed by atoms with Crippen LogP contribution >= 0.6 is 0 Å². The van der Waals surface area contributed by atoms with Crippen molar-refractivity contribution < 1.29 is 9.53 Å². The van der Waals surface area contributed by atoms with Crippen molar-refractivity contribution in [2.75, 3.05) is 31.7 Å². The van der Waals surface area contributed by atoms with Crippen LogP contribution in [0.25, 0.3) is 0 Å². The van der Waals surface area contributed by atoms with Gasteiger partial charge in [0.2, 0.25) is 11.9 Å². The molecule has 2 aliphatic heterocycles. The van der Waals surface area contributed by atoms with E-state index in [1.54, 1.807) is 12.4 Å². The van der Waals surface area contributed by atoms with Gasteiger partial charge in [0.15, 0.2) is 0 Å². The number of likely N-dealkylation sites (N-methyl/N-ethyl adjacent to an activating group) is 1. The minimum absolute atomic E-state index is 0.122. The van der Waals surface area contributed by atoms with Crippen LogP contribution in [0.15, 0.2) is 18.5 Å². The first kappa shape index (κ1) is 16.8. The van der Waals surface area contributed by atoms with Crippen LogP contribution in [0.4, 0.5) is 5.95 Å². The van der Waals surface area contributed by atoms with Crippen LogP contribution in [0.5, 0.6) is 0 Å².